The summed E-state index contributed by atoms with van der Waals surface area (Å²) in [5.74, 6) is 0. The maximum Gasteiger partial charge on any atom is 0.317 e. The first kappa shape index (κ1) is 17.7. The minimum atomic E-state index is -0.994. The smallest absolute Gasteiger partial charge is 0.317 e. The van der Waals surface area contributed by atoms with Gasteiger partial charge < -0.3 is 15.3 Å². The van der Waals surface area contributed by atoms with E-state index in [1.807, 2.05) is 26.0 Å². The SMILES string of the molecule is CC(O)CN(C(=O)NCc1ccc(S(C)=O)cc1)C(C)C. The lowest BCUT2D eigenvalue weighted by Gasteiger charge is -2.28. The minimum Gasteiger partial charge on any atom is -0.392 e. The fourth-order valence-electron chi connectivity index (χ4n) is 1.89. The Balaban J connectivity index is 2.60. The van der Waals surface area contributed by atoms with Crippen LogP contribution in [0, 0.1) is 0 Å². The Kier molecular flexibility index (Phi) is 6.84. The maximum absolute atomic E-state index is 12.1. The number of hydrogen-bond donors (Lipinski definition) is 2. The number of urea groups is 1. The van der Waals surface area contributed by atoms with Gasteiger partial charge in [-0.2, -0.15) is 0 Å². The van der Waals surface area contributed by atoms with Crippen molar-refractivity contribution >= 4 is 16.8 Å². The number of benzene rings is 1. The molecule has 0 bridgehead atoms. The van der Waals surface area contributed by atoms with Gasteiger partial charge >= 0.3 is 6.03 Å². The van der Waals surface area contributed by atoms with Crippen LogP contribution in [0.1, 0.15) is 26.3 Å². The van der Waals surface area contributed by atoms with Crippen LogP contribution in [-0.4, -0.2) is 45.2 Å². The Hall–Kier alpha value is -1.40. The van der Waals surface area contributed by atoms with Crippen molar-refractivity contribution in [2.45, 2.75) is 44.4 Å². The molecule has 0 aromatic heterocycles. The molecule has 2 atom stereocenters. The normalized spacial score (nSPS) is 13.8. The molecule has 0 aliphatic heterocycles. The third kappa shape index (κ3) is 5.85. The lowest BCUT2D eigenvalue weighted by Crippen LogP contribution is -2.46. The molecule has 21 heavy (non-hydrogen) atoms. The van der Waals surface area contributed by atoms with Crippen LogP contribution < -0.4 is 5.32 Å². The lowest BCUT2D eigenvalue weighted by molar-refractivity contribution is 0.119. The van der Waals surface area contributed by atoms with Gasteiger partial charge in [0.05, 0.1) is 6.10 Å². The summed E-state index contributed by atoms with van der Waals surface area (Å²) < 4.78 is 11.3. The van der Waals surface area contributed by atoms with Crippen molar-refractivity contribution in [3.8, 4) is 0 Å². The van der Waals surface area contributed by atoms with Gasteiger partial charge in [-0.1, -0.05) is 12.1 Å². The van der Waals surface area contributed by atoms with E-state index >= 15 is 0 Å². The Morgan fingerprint density at radius 1 is 1.29 bits per heavy atom. The summed E-state index contributed by atoms with van der Waals surface area (Å²) in [7, 11) is -0.994. The van der Waals surface area contributed by atoms with E-state index in [4.69, 9.17) is 0 Å². The van der Waals surface area contributed by atoms with E-state index in [0.29, 0.717) is 13.1 Å². The molecule has 0 spiro atoms. The van der Waals surface area contributed by atoms with Gasteiger partial charge in [-0.25, -0.2) is 4.79 Å². The second-order valence-corrected chi connectivity index (χ2v) is 6.73. The molecule has 0 fully saturated rings. The quantitative estimate of drug-likeness (QED) is 0.840. The third-order valence-electron chi connectivity index (χ3n) is 3.04. The molecule has 2 unspecified atom stereocenters. The molecule has 0 aliphatic rings. The van der Waals surface area contributed by atoms with Gasteiger partial charge in [0, 0.05) is 41.1 Å². The number of nitrogens with zero attached hydrogens (tertiary/aromatic N) is 1. The molecule has 2 amide bonds. The van der Waals surface area contributed by atoms with Gasteiger partial charge in [0.2, 0.25) is 0 Å². The largest absolute Gasteiger partial charge is 0.392 e. The van der Waals surface area contributed by atoms with Crippen LogP contribution in [0.3, 0.4) is 0 Å². The Morgan fingerprint density at radius 3 is 2.29 bits per heavy atom. The van der Waals surface area contributed by atoms with Crippen molar-refractivity contribution in [3.05, 3.63) is 29.8 Å². The van der Waals surface area contributed by atoms with Gasteiger partial charge in [0.25, 0.3) is 0 Å². The highest BCUT2D eigenvalue weighted by Crippen LogP contribution is 2.08. The van der Waals surface area contributed by atoms with Crippen molar-refractivity contribution in [1.29, 1.82) is 0 Å². The van der Waals surface area contributed by atoms with E-state index in [2.05, 4.69) is 5.32 Å². The Labute approximate surface area is 128 Å². The minimum absolute atomic E-state index is 0.0180. The molecule has 0 radical (unpaired) electrons. The molecule has 1 aromatic rings. The molecule has 6 heteroatoms. The lowest BCUT2D eigenvalue weighted by atomic mass is 10.2. The monoisotopic (exact) mass is 312 g/mol. The van der Waals surface area contributed by atoms with E-state index in [1.54, 1.807) is 30.2 Å². The van der Waals surface area contributed by atoms with Gasteiger partial charge in [-0.3, -0.25) is 4.21 Å². The zero-order valence-corrected chi connectivity index (χ0v) is 13.8. The highest BCUT2D eigenvalue weighted by atomic mass is 32.2. The molecule has 2 N–H and O–H groups in total. The van der Waals surface area contributed by atoms with Gasteiger partial charge in [-0.15, -0.1) is 0 Å². The van der Waals surface area contributed by atoms with Crippen molar-refractivity contribution in [3.63, 3.8) is 0 Å². The zero-order valence-electron chi connectivity index (χ0n) is 13.0. The van der Waals surface area contributed by atoms with E-state index < -0.39 is 16.9 Å². The molecule has 1 aromatic carbocycles. The summed E-state index contributed by atoms with van der Waals surface area (Å²) in [6.07, 6.45) is 1.07. The molecule has 118 valence electrons. The summed E-state index contributed by atoms with van der Waals surface area (Å²) in [4.78, 5) is 14.5. The molecule has 0 saturated heterocycles. The average Bonchev–Trinajstić information content (AvgIpc) is 2.42. The molecular weight excluding hydrogens is 288 g/mol. The number of hydrogen-bond acceptors (Lipinski definition) is 3. The molecule has 0 heterocycles. The standard InChI is InChI=1S/C15H24N2O3S/c1-11(2)17(10-12(3)18)15(19)16-9-13-5-7-14(8-6-13)21(4)20/h5-8,11-12,18H,9-10H2,1-4H3,(H,16,19). The van der Waals surface area contributed by atoms with Gasteiger partial charge in [-0.05, 0) is 38.5 Å². The summed E-state index contributed by atoms with van der Waals surface area (Å²) in [6.45, 7) is 6.18. The number of aliphatic hydroxyl groups excluding tert-OH is 1. The van der Waals surface area contributed by atoms with Crippen molar-refractivity contribution < 1.29 is 14.1 Å². The molecule has 0 saturated carbocycles. The third-order valence-corrected chi connectivity index (χ3v) is 3.98. The summed E-state index contributed by atoms with van der Waals surface area (Å²) in [6, 6.07) is 7.12. The van der Waals surface area contributed by atoms with E-state index in [9.17, 15) is 14.1 Å². The molecule has 1 rings (SSSR count). The number of rotatable bonds is 6. The molecule has 0 aliphatic carbocycles. The number of aliphatic hydroxyl groups is 1. The number of nitrogens with one attached hydrogen (secondary N) is 1. The van der Waals surface area contributed by atoms with Crippen LogP contribution in [0.15, 0.2) is 29.2 Å². The second kappa shape index (κ2) is 8.14. The Morgan fingerprint density at radius 2 is 1.86 bits per heavy atom. The van der Waals surface area contributed by atoms with Crippen LogP contribution in [0.4, 0.5) is 4.79 Å². The highest BCUT2D eigenvalue weighted by molar-refractivity contribution is 7.84. The first-order valence-corrected chi connectivity index (χ1v) is 8.52. The summed E-state index contributed by atoms with van der Waals surface area (Å²) in [5, 5.41) is 12.3. The first-order chi connectivity index (χ1) is 9.81. The first-order valence-electron chi connectivity index (χ1n) is 6.96. The van der Waals surface area contributed by atoms with E-state index in [0.717, 1.165) is 10.5 Å². The fourth-order valence-corrected chi connectivity index (χ4v) is 2.41. The predicted octanol–water partition coefficient (Wildman–Crippen LogP) is 1.72. The molecule has 5 nitrogen and oxygen atoms in total. The van der Waals surface area contributed by atoms with E-state index in [-0.39, 0.29) is 12.1 Å². The van der Waals surface area contributed by atoms with Crippen LogP contribution in [0.2, 0.25) is 0 Å². The number of carbonyl (C=O) groups is 1. The van der Waals surface area contributed by atoms with Crippen LogP contribution in [-0.2, 0) is 17.3 Å². The predicted molar refractivity (Wildman–Crippen MR) is 84.5 cm³/mol. The Bertz CT molecular complexity index is 486. The van der Waals surface area contributed by atoms with Crippen molar-refractivity contribution in [2.24, 2.45) is 0 Å². The average molecular weight is 312 g/mol. The van der Waals surface area contributed by atoms with Gasteiger partial charge in [0.15, 0.2) is 0 Å². The topological polar surface area (TPSA) is 69.6 Å². The van der Waals surface area contributed by atoms with Crippen LogP contribution >= 0.6 is 0 Å². The van der Waals surface area contributed by atoms with Crippen LogP contribution in [0.5, 0.6) is 0 Å². The maximum atomic E-state index is 12.1. The second-order valence-electron chi connectivity index (χ2n) is 5.35. The zero-order chi connectivity index (χ0) is 16.0. The summed E-state index contributed by atoms with van der Waals surface area (Å²) >= 11 is 0. The van der Waals surface area contributed by atoms with Gasteiger partial charge in [0.1, 0.15) is 0 Å². The van der Waals surface area contributed by atoms with Crippen molar-refractivity contribution in [2.75, 3.05) is 12.8 Å². The fraction of sp³-hybridized carbons (Fsp3) is 0.533. The van der Waals surface area contributed by atoms with E-state index in [1.165, 1.54) is 0 Å². The number of amides is 2. The van der Waals surface area contributed by atoms with Crippen molar-refractivity contribution in [1.82, 2.24) is 10.2 Å². The molecular formula is C15H24N2O3S. The summed E-state index contributed by atoms with van der Waals surface area (Å²) in [5.41, 5.74) is 0.943. The number of carbonyl (C=O) groups excluding carboxylic acids is 1. The highest BCUT2D eigenvalue weighted by Gasteiger charge is 2.18. The van der Waals surface area contributed by atoms with Crippen LogP contribution in [0.25, 0.3) is 0 Å².